The molecule has 0 unspecified atom stereocenters. The third kappa shape index (κ3) is 5.61. The van der Waals surface area contributed by atoms with Crippen molar-refractivity contribution in [2.75, 3.05) is 0 Å². The van der Waals surface area contributed by atoms with Crippen LogP contribution in [-0.2, 0) is 28.7 Å². The molecular weight excluding hydrogens is 471 g/mol. The molecule has 0 spiro atoms. The maximum atomic E-state index is 13.1. The number of hydrogen-bond donors (Lipinski definition) is 2. The molecule has 0 saturated heterocycles. The van der Waals surface area contributed by atoms with Gasteiger partial charge in [0, 0.05) is 28.1 Å². The third-order valence-corrected chi connectivity index (χ3v) is 6.52. The number of carbonyl (C=O) groups is 1. The number of phenolic OH excluding ortho intramolecular Hbond substituents is 1. The van der Waals surface area contributed by atoms with Gasteiger partial charge in [-0.3, -0.25) is 9.78 Å². The average molecular weight is 496 g/mol. The Morgan fingerprint density at radius 3 is 2.53 bits per heavy atom. The van der Waals surface area contributed by atoms with Gasteiger partial charge in [0.2, 0.25) is 0 Å². The van der Waals surface area contributed by atoms with Gasteiger partial charge in [-0.15, -0.1) is 11.3 Å². The first kappa shape index (κ1) is 25.4. The highest BCUT2D eigenvalue weighted by atomic mass is 32.1. The number of oxime groups is 1. The zero-order valence-corrected chi connectivity index (χ0v) is 19.6. The van der Waals surface area contributed by atoms with Gasteiger partial charge in [0.15, 0.2) is 5.75 Å². The van der Waals surface area contributed by atoms with Crippen LogP contribution in [-0.4, -0.2) is 22.0 Å². The molecule has 34 heavy (non-hydrogen) atoms. The molecule has 1 aromatic heterocycles. The average Bonchev–Trinajstić information content (AvgIpc) is 3.11. The van der Waals surface area contributed by atoms with E-state index in [9.17, 15) is 28.3 Å². The Hall–Kier alpha value is -3.27. The number of fused-ring (bicyclic) bond motifs is 1. The normalized spacial score (nSPS) is 12.2. The quantitative estimate of drug-likeness (QED) is 0.160. The van der Waals surface area contributed by atoms with E-state index >= 15 is 0 Å². The second-order valence-corrected chi connectivity index (χ2v) is 8.94. The maximum absolute atomic E-state index is 13.1. The molecule has 0 atom stereocenters. The lowest BCUT2D eigenvalue weighted by molar-refractivity contribution is -0.211. The number of aryl methyl sites for hydroxylation is 3. The highest BCUT2D eigenvalue weighted by Crippen LogP contribution is 2.38. The van der Waals surface area contributed by atoms with Gasteiger partial charge in [-0.2, -0.15) is 13.2 Å². The zero-order valence-electron chi connectivity index (χ0n) is 18.8. The Balaban J connectivity index is 1.88. The molecule has 182 valence electrons. The van der Waals surface area contributed by atoms with Gasteiger partial charge in [0.1, 0.15) is 5.75 Å². The van der Waals surface area contributed by atoms with Crippen LogP contribution in [0.2, 0.25) is 0 Å². The van der Waals surface area contributed by atoms with Gasteiger partial charge in [0.25, 0.3) is 0 Å². The van der Waals surface area contributed by atoms with Gasteiger partial charge in [-0.25, -0.2) is 4.79 Å². The van der Waals surface area contributed by atoms with Gasteiger partial charge in [-0.05, 0) is 60.9 Å². The molecule has 0 saturated carbocycles. The smallest absolute Gasteiger partial charge is 0.416 e. The number of nitrogens with zero attached hydrogens (tertiary/aromatic N) is 1. The highest BCUT2D eigenvalue weighted by Gasteiger charge is 2.31. The van der Waals surface area contributed by atoms with E-state index in [2.05, 4.69) is 10.0 Å². The molecule has 0 fully saturated rings. The van der Waals surface area contributed by atoms with Gasteiger partial charge in [-0.1, -0.05) is 24.6 Å². The monoisotopic (exact) mass is 495 g/mol. The molecule has 0 radical (unpaired) electrons. The Labute approximate surface area is 198 Å². The van der Waals surface area contributed by atoms with Crippen molar-refractivity contribution in [2.24, 2.45) is 5.16 Å². The number of halogens is 3. The minimum Gasteiger partial charge on any atom is -0.507 e. The van der Waals surface area contributed by atoms with E-state index in [1.165, 1.54) is 42.5 Å². The fraction of sp³-hybridized carbons (Fsp3) is 0.333. The Kier molecular flexibility index (Phi) is 7.71. The van der Waals surface area contributed by atoms with Crippen LogP contribution >= 0.6 is 11.3 Å². The number of rotatable bonds is 8. The summed E-state index contributed by atoms with van der Waals surface area (Å²) in [6, 6.07) is 6.57. The molecule has 0 aliphatic rings. The van der Waals surface area contributed by atoms with Gasteiger partial charge >= 0.3 is 12.1 Å². The lowest BCUT2D eigenvalue weighted by Crippen LogP contribution is -2.07. The summed E-state index contributed by atoms with van der Waals surface area (Å²) in [6.07, 6.45) is -2.23. The predicted molar refractivity (Wildman–Crippen MR) is 123 cm³/mol. The number of hydrogen-bond acceptors (Lipinski definition) is 7. The van der Waals surface area contributed by atoms with Crippen molar-refractivity contribution in [1.29, 1.82) is 0 Å². The van der Waals surface area contributed by atoms with E-state index < -0.39 is 17.7 Å². The number of alkyl halides is 3. The first-order valence-electron chi connectivity index (χ1n) is 10.6. The van der Waals surface area contributed by atoms with Crippen LogP contribution in [0.3, 0.4) is 0 Å². The van der Waals surface area contributed by atoms with Crippen LogP contribution < -0.4 is 4.89 Å². The van der Waals surface area contributed by atoms with E-state index in [0.29, 0.717) is 23.1 Å². The van der Waals surface area contributed by atoms with Crippen LogP contribution in [0.1, 0.15) is 53.8 Å². The predicted octanol–water partition coefficient (Wildman–Crippen LogP) is 6.55. The van der Waals surface area contributed by atoms with Crippen molar-refractivity contribution < 1.29 is 38.1 Å². The van der Waals surface area contributed by atoms with Crippen LogP contribution in [0, 0.1) is 6.92 Å². The summed E-state index contributed by atoms with van der Waals surface area (Å²) in [5.41, 5.74) is 1.30. The summed E-state index contributed by atoms with van der Waals surface area (Å²) in [7, 11) is 0. The molecule has 1 heterocycles. The van der Waals surface area contributed by atoms with Crippen molar-refractivity contribution in [3.63, 3.8) is 0 Å². The Morgan fingerprint density at radius 1 is 1.18 bits per heavy atom. The molecule has 0 amide bonds. The molecule has 6 nitrogen and oxygen atoms in total. The van der Waals surface area contributed by atoms with E-state index in [1.54, 1.807) is 6.92 Å². The molecule has 3 rings (SSSR count). The van der Waals surface area contributed by atoms with Gasteiger partial charge < -0.3 is 10.3 Å². The van der Waals surface area contributed by atoms with Crippen LogP contribution in [0.25, 0.3) is 10.1 Å². The molecule has 2 aromatic carbocycles. The number of thiophene rings is 1. The summed E-state index contributed by atoms with van der Waals surface area (Å²) in [4.78, 5) is 21.2. The summed E-state index contributed by atoms with van der Waals surface area (Å²) in [6.45, 7) is 4.84. The first-order valence-corrected chi connectivity index (χ1v) is 11.4. The van der Waals surface area contributed by atoms with Crippen molar-refractivity contribution in [3.8, 4) is 11.5 Å². The Bertz CT molecular complexity index is 1230. The van der Waals surface area contributed by atoms with E-state index in [4.69, 9.17) is 4.89 Å². The van der Waals surface area contributed by atoms with Crippen LogP contribution in [0.15, 0.2) is 35.5 Å². The summed E-state index contributed by atoms with van der Waals surface area (Å²) in [5.74, 6) is -0.765. The third-order valence-electron chi connectivity index (χ3n) is 5.27. The van der Waals surface area contributed by atoms with Gasteiger partial charge in [0.05, 0.1) is 11.3 Å². The SMILES string of the molecule is CCCc1c(CCC(=NO)c2cc(C)c(OOC(C)=O)cc2O)sc2cc(C(F)(F)F)ccc12. The number of benzene rings is 2. The number of carbonyl (C=O) groups excluding carboxylic acids is 1. The highest BCUT2D eigenvalue weighted by molar-refractivity contribution is 7.19. The molecule has 0 aliphatic carbocycles. The largest absolute Gasteiger partial charge is 0.507 e. The second kappa shape index (κ2) is 10.3. The molecular formula is C24H24F3NO5S. The standard InChI is InChI=1S/C24H24F3NO5S/c1-4-5-16-17-7-6-15(24(25,26)27)11-23(17)34-22(16)9-8-19(28-31)18-10-13(2)21(12-20(18)30)33-32-14(3)29/h6-7,10-12,30-31H,4-5,8-9H2,1-3H3. The summed E-state index contributed by atoms with van der Waals surface area (Å²) >= 11 is 1.29. The fourth-order valence-corrected chi connectivity index (χ4v) is 4.97. The second-order valence-electron chi connectivity index (χ2n) is 7.80. The van der Waals surface area contributed by atoms with E-state index in [-0.39, 0.29) is 29.2 Å². The van der Waals surface area contributed by atoms with E-state index in [0.717, 1.165) is 28.3 Å². The molecule has 10 heteroatoms. The molecule has 3 aromatic rings. The Morgan fingerprint density at radius 2 is 1.91 bits per heavy atom. The van der Waals surface area contributed by atoms with Crippen molar-refractivity contribution >= 4 is 33.1 Å². The topological polar surface area (TPSA) is 88.4 Å². The lowest BCUT2D eigenvalue weighted by atomic mass is 9.98. The summed E-state index contributed by atoms with van der Waals surface area (Å²) in [5, 5.41) is 24.2. The van der Waals surface area contributed by atoms with Crippen LogP contribution in [0.5, 0.6) is 11.5 Å². The van der Waals surface area contributed by atoms with Crippen LogP contribution in [0.4, 0.5) is 13.2 Å². The first-order chi connectivity index (χ1) is 16.0. The van der Waals surface area contributed by atoms with Crippen molar-refractivity contribution in [3.05, 3.63) is 57.5 Å². The van der Waals surface area contributed by atoms with Crippen molar-refractivity contribution in [2.45, 2.75) is 52.6 Å². The minimum absolute atomic E-state index is 0.129. The zero-order chi connectivity index (χ0) is 25.0. The number of phenols is 1. The maximum Gasteiger partial charge on any atom is 0.416 e. The molecule has 0 bridgehead atoms. The molecule has 0 aliphatic heterocycles. The summed E-state index contributed by atoms with van der Waals surface area (Å²) < 4.78 is 40.0. The van der Waals surface area contributed by atoms with E-state index in [1.807, 2.05) is 6.92 Å². The number of aromatic hydroxyl groups is 1. The van der Waals surface area contributed by atoms with Crippen molar-refractivity contribution in [1.82, 2.24) is 0 Å². The molecule has 2 N–H and O–H groups in total. The fourth-order valence-electron chi connectivity index (χ4n) is 3.68. The lowest BCUT2D eigenvalue weighted by Gasteiger charge is -2.12. The minimum atomic E-state index is -4.42.